The molecule has 2 aromatic carbocycles. The predicted molar refractivity (Wildman–Crippen MR) is 97.7 cm³/mol. The van der Waals surface area contributed by atoms with Crippen LogP contribution in [0.3, 0.4) is 0 Å². The molecule has 0 aliphatic heterocycles. The smallest absolute Gasteiger partial charge is 0.251 e. The van der Waals surface area contributed by atoms with Crippen molar-refractivity contribution in [1.82, 2.24) is 10.2 Å². The zero-order valence-electron chi connectivity index (χ0n) is 15.1. The highest BCUT2D eigenvalue weighted by Crippen LogP contribution is 2.21. The van der Waals surface area contributed by atoms with Crippen molar-refractivity contribution in [1.29, 1.82) is 0 Å². The Hall–Kier alpha value is -2.33. The number of benzene rings is 2. The molecule has 0 heterocycles. The van der Waals surface area contributed by atoms with E-state index in [9.17, 15) is 4.79 Å². The van der Waals surface area contributed by atoms with E-state index >= 15 is 0 Å². The summed E-state index contributed by atoms with van der Waals surface area (Å²) in [7, 11) is 5.68. The minimum absolute atomic E-state index is 0.0431. The van der Waals surface area contributed by atoms with E-state index in [1.54, 1.807) is 7.11 Å². The Kier molecular flexibility index (Phi) is 5.99. The van der Waals surface area contributed by atoms with Crippen LogP contribution in [0, 0.1) is 13.8 Å². The minimum atomic E-state index is -0.0431. The quantitative estimate of drug-likeness (QED) is 0.885. The lowest BCUT2D eigenvalue weighted by Crippen LogP contribution is -2.34. The van der Waals surface area contributed by atoms with Crippen molar-refractivity contribution in [2.24, 2.45) is 0 Å². The summed E-state index contributed by atoms with van der Waals surface area (Å²) in [6.45, 7) is 4.61. The SMILES string of the molecule is COc1ccc([C@H](CNC(=O)c2ccc(C)c(C)c2)N(C)C)cc1. The van der Waals surface area contributed by atoms with Crippen LogP contribution < -0.4 is 10.1 Å². The zero-order valence-corrected chi connectivity index (χ0v) is 15.1. The summed E-state index contributed by atoms with van der Waals surface area (Å²) in [5, 5.41) is 3.04. The van der Waals surface area contributed by atoms with Crippen LogP contribution in [0.4, 0.5) is 0 Å². The summed E-state index contributed by atoms with van der Waals surface area (Å²) < 4.78 is 5.20. The van der Waals surface area contributed by atoms with Crippen molar-refractivity contribution in [3.8, 4) is 5.75 Å². The molecule has 128 valence electrons. The monoisotopic (exact) mass is 326 g/mol. The molecule has 4 heteroatoms. The van der Waals surface area contributed by atoms with Gasteiger partial charge in [0.2, 0.25) is 0 Å². The first-order chi connectivity index (χ1) is 11.4. The molecule has 0 radical (unpaired) electrons. The molecular weight excluding hydrogens is 300 g/mol. The Morgan fingerprint density at radius 2 is 1.75 bits per heavy atom. The third kappa shape index (κ3) is 4.36. The molecule has 0 bridgehead atoms. The van der Waals surface area contributed by atoms with Crippen LogP contribution >= 0.6 is 0 Å². The molecule has 0 saturated carbocycles. The molecule has 0 spiro atoms. The van der Waals surface area contributed by atoms with Crippen molar-refractivity contribution in [3.05, 3.63) is 64.7 Å². The van der Waals surface area contributed by atoms with Gasteiger partial charge in [-0.15, -0.1) is 0 Å². The summed E-state index contributed by atoms with van der Waals surface area (Å²) in [6.07, 6.45) is 0. The van der Waals surface area contributed by atoms with Gasteiger partial charge in [0.15, 0.2) is 0 Å². The number of carbonyl (C=O) groups excluding carboxylic acids is 1. The van der Waals surface area contributed by atoms with E-state index < -0.39 is 0 Å². The number of ether oxygens (including phenoxy) is 1. The van der Waals surface area contributed by atoms with Gasteiger partial charge < -0.3 is 15.0 Å². The van der Waals surface area contributed by atoms with Crippen LogP contribution in [0.25, 0.3) is 0 Å². The molecule has 4 nitrogen and oxygen atoms in total. The summed E-state index contributed by atoms with van der Waals surface area (Å²) >= 11 is 0. The molecule has 24 heavy (non-hydrogen) atoms. The second kappa shape index (κ2) is 7.97. The van der Waals surface area contributed by atoms with Gasteiger partial charge in [0.1, 0.15) is 5.75 Å². The van der Waals surface area contributed by atoms with Gasteiger partial charge in [0.05, 0.1) is 13.2 Å². The summed E-state index contributed by atoms with van der Waals surface area (Å²) in [5.74, 6) is 0.786. The van der Waals surface area contributed by atoms with E-state index in [1.807, 2.05) is 70.4 Å². The number of likely N-dealkylation sites (N-methyl/N-ethyl adjacent to an activating group) is 1. The lowest BCUT2D eigenvalue weighted by molar-refractivity contribution is 0.0942. The van der Waals surface area contributed by atoms with Crippen molar-refractivity contribution in [2.75, 3.05) is 27.7 Å². The van der Waals surface area contributed by atoms with Crippen LogP contribution in [0.1, 0.15) is 33.1 Å². The van der Waals surface area contributed by atoms with Crippen LogP contribution in [-0.4, -0.2) is 38.6 Å². The fraction of sp³-hybridized carbons (Fsp3) is 0.350. The number of amides is 1. The van der Waals surface area contributed by atoms with Gasteiger partial charge in [-0.3, -0.25) is 4.79 Å². The number of hydrogen-bond acceptors (Lipinski definition) is 3. The molecule has 0 saturated heterocycles. The molecule has 2 aromatic rings. The molecule has 0 aliphatic carbocycles. The molecule has 1 N–H and O–H groups in total. The topological polar surface area (TPSA) is 41.6 Å². The minimum Gasteiger partial charge on any atom is -0.497 e. The first kappa shape index (κ1) is 18.0. The molecule has 0 aromatic heterocycles. The Bertz CT molecular complexity index is 693. The summed E-state index contributed by atoms with van der Waals surface area (Å²) in [4.78, 5) is 14.5. The van der Waals surface area contributed by atoms with E-state index in [-0.39, 0.29) is 11.9 Å². The Morgan fingerprint density at radius 1 is 1.08 bits per heavy atom. The fourth-order valence-corrected chi connectivity index (χ4v) is 2.60. The molecule has 0 fully saturated rings. The van der Waals surface area contributed by atoms with Gasteiger partial charge in [-0.2, -0.15) is 0 Å². The molecule has 1 amide bonds. The number of aryl methyl sites for hydroxylation is 2. The van der Waals surface area contributed by atoms with E-state index in [0.717, 1.165) is 16.9 Å². The number of nitrogens with zero attached hydrogens (tertiary/aromatic N) is 1. The lowest BCUT2D eigenvalue weighted by atomic mass is 10.0. The van der Waals surface area contributed by atoms with Gasteiger partial charge in [0.25, 0.3) is 5.91 Å². The molecular formula is C20H26N2O2. The largest absolute Gasteiger partial charge is 0.497 e. The van der Waals surface area contributed by atoms with Crippen molar-refractivity contribution < 1.29 is 9.53 Å². The average molecular weight is 326 g/mol. The number of hydrogen-bond donors (Lipinski definition) is 1. The summed E-state index contributed by atoms with van der Waals surface area (Å²) in [5.41, 5.74) is 4.16. The maximum atomic E-state index is 12.4. The summed E-state index contributed by atoms with van der Waals surface area (Å²) in [6, 6.07) is 13.8. The van der Waals surface area contributed by atoms with Gasteiger partial charge in [-0.05, 0) is 68.9 Å². The fourth-order valence-electron chi connectivity index (χ4n) is 2.60. The average Bonchev–Trinajstić information content (AvgIpc) is 2.57. The van der Waals surface area contributed by atoms with E-state index in [2.05, 4.69) is 10.2 Å². The Balaban J connectivity index is 2.07. The molecule has 0 unspecified atom stereocenters. The first-order valence-corrected chi connectivity index (χ1v) is 8.08. The maximum absolute atomic E-state index is 12.4. The Labute approximate surface area is 144 Å². The second-order valence-electron chi connectivity index (χ2n) is 6.26. The van der Waals surface area contributed by atoms with Crippen molar-refractivity contribution in [3.63, 3.8) is 0 Å². The number of nitrogens with one attached hydrogen (secondary N) is 1. The zero-order chi connectivity index (χ0) is 17.7. The van der Waals surface area contributed by atoms with Gasteiger partial charge >= 0.3 is 0 Å². The van der Waals surface area contributed by atoms with E-state index in [4.69, 9.17) is 4.74 Å². The van der Waals surface area contributed by atoms with Gasteiger partial charge in [-0.1, -0.05) is 18.2 Å². The number of methoxy groups -OCH3 is 1. The Morgan fingerprint density at radius 3 is 2.29 bits per heavy atom. The van der Waals surface area contributed by atoms with Crippen LogP contribution in [0.15, 0.2) is 42.5 Å². The molecule has 2 rings (SSSR count). The van der Waals surface area contributed by atoms with Gasteiger partial charge in [-0.25, -0.2) is 0 Å². The standard InChI is InChI=1S/C20H26N2O2/c1-14-6-7-17(12-15(14)2)20(23)21-13-19(22(3)4)16-8-10-18(24-5)11-9-16/h6-12,19H,13H2,1-5H3,(H,21,23)/t19-/m0/s1. The highest BCUT2D eigenvalue weighted by molar-refractivity contribution is 5.94. The van der Waals surface area contributed by atoms with Crippen LogP contribution in [0.2, 0.25) is 0 Å². The predicted octanol–water partition coefficient (Wildman–Crippen LogP) is 3.34. The van der Waals surface area contributed by atoms with Crippen molar-refractivity contribution >= 4 is 5.91 Å². The number of rotatable bonds is 6. The highest BCUT2D eigenvalue weighted by atomic mass is 16.5. The third-order valence-corrected chi connectivity index (χ3v) is 4.35. The second-order valence-corrected chi connectivity index (χ2v) is 6.26. The third-order valence-electron chi connectivity index (χ3n) is 4.35. The lowest BCUT2D eigenvalue weighted by Gasteiger charge is -2.25. The van der Waals surface area contributed by atoms with Gasteiger partial charge in [0, 0.05) is 12.1 Å². The van der Waals surface area contributed by atoms with Crippen molar-refractivity contribution in [2.45, 2.75) is 19.9 Å². The van der Waals surface area contributed by atoms with Crippen LogP contribution in [0.5, 0.6) is 5.75 Å². The highest BCUT2D eigenvalue weighted by Gasteiger charge is 2.16. The van der Waals surface area contributed by atoms with E-state index in [0.29, 0.717) is 12.1 Å². The normalized spacial score (nSPS) is 12.1. The van der Waals surface area contributed by atoms with Crippen LogP contribution in [-0.2, 0) is 0 Å². The maximum Gasteiger partial charge on any atom is 0.251 e. The van der Waals surface area contributed by atoms with E-state index in [1.165, 1.54) is 5.56 Å². The number of carbonyl (C=O) groups is 1. The molecule has 0 aliphatic rings. The molecule has 1 atom stereocenters. The first-order valence-electron chi connectivity index (χ1n) is 8.08.